The smallest absolute Gasteiger partial charge is 0.257 e. The van der Waals surface area contributed by atoms with E-state index in [0.29, 0.717) is 28.7 Å². The van der Waals surface area contributed by atoms with Crippen LogP contribution in [0.25, 0.3) is 0 Å². The van der Waals surface area contributed by atoms with Crippen LogP contribution >= 0.6 is 11.3 Å². The van der Waals surface area contributed by atoms with E-state index in [2.05, 4.69) is 15.6 Å². The molecule has 2 N–H and O–H groups in total. The lowest BCUT2D eigenvalue weighted by atomic mass is 10.1. The van der Waals surface area contributed by atoms with E-state index < -0.39 is 0 Å². The van der Waals surface area contributed by atoms with Crippen LogP contribution in [0.1, 0.15) is 44.4 Å². The SMILES string of the molecule is Cc1ccc(CNC(=O)C2CCc3sc(NC(=O)c4ccc5c(c4)OCO5)nc32)cc1. The van der Waals surface area contributed by atoms with Gasteiger partial charge >= 0.3 is 0 Å². The molecule has 5 rings (SSSR count). The highest BCUT2D eigenvalue weighted by molar-refractivity contribution is 7.16. The van der Waals surface area contributed by atoms with Gasteiger partial charge in [0.25, 0.3) is 5.91 Å². The van der Waals surface area contributed by atoms with Gasteiger partial charge in [-0.2, -0.15) is 0 Å². The van der Waals surface area contributed by atoms with Crippen molar-refractivity contribution in [3.8, 4) is 11.5 Å². The zero-order valence-corrected chi connectivity index (χ0v) is 17.8. The Balaban J connectivity index is 1.24. The number of anilines is 1. The van der Waals surface area contributed by atoms with Crippen LogP contribution in [0.4, 0.5) is 5.13 Å². The predicted molar refractivity (Wildman–Crippen MR) is 117 cm³/mol. The molecule has 158 valence electrons. The van der Waals surface area contributed by atoms with Gasteiger partial charge in [0, 0.05) is 17.0 Å². The van der Waals surface area contributed by atoms with Crippen LogP contribution in [0.2, 0.25) is 0 Å². The van der Waals surface area contributed by atoms with Gasteiger partial charge in [-0.1, -0.05) is 29.8 Å². The summed E-state index contributed by atoms with van der Waals surface area (Å²) < 4.78 is 10.6. The highest BCUT2D eigenvalue weighted by Crippen LogP contribution is 2.39. The maximum atomic E-state index is 12.8. The molecule has 1 aliphatic heterocycles. The Morgan fingerprint density at radius 1 is 1.13 bits per heavy atom. The minimum absolute atomic E-state index is 0.0294. The number of carbonyl (C=O) groups excluding carboxylic acids is 2. The van der Waals surface area contributed by atoms with E-state index in [-0.39, 0.29) is 24.5 Å². The average molecular weight is 436 g/mol. The topological polar surface area (TPSA) is 89.6 Å². The van der Waals surface area contributed by atoms with E-state index in [0.717, 1.165) is 29.0 Å². The van der Waals surface area contributed by atoms with Crippen LogP contribution in [0, 0.1) is 6.92 Å². The van der Waals surface area contributed by atoms with Gasteiger partial charge in [0.05, 0.1) is 11.6 Å². The van der Waals surface area contributed by atoms with Gasteiger partial charge in [-0.05, 0) is 43.5 Å². The molecule has 0 bridgehead atoms. The summed E-state index contributed by atoms with van der Waals surface area (Å²) in [5, 5.41) is 6.36. The Kier molecular flexibility index (Phi) is 5.07. The number of hydrogen-bond acceptors (Lipinski definition) is 6. The number of nitrogens with one attached hydrogen (secondary N) is 2. The normalized spacial score (nSPS) is 16.1. The molecular formula is C23H21N3O4S. The molecule has 2 heterocycles. The molecule has 1 aliphatic carbocycles. The molecule has 1 atom stereocenters. The Hall–Kier alpha value is -3.39. The van der Waals surface area contributed by atoms with E-state index >= 15 is 0 Å². The number of thiazole rings is 1. The summed E-state index contributed by atoms with van der Waals surface area (Å²) in [6, 6.07) is 13.2. The van der Waals surface area contributed by atoms with Crippen molar-refractivity contribution in [2.45, 2.75) is 32.2 Å². The molecule has 2 aliphatic rings. The molecule has 1 aromatic heterocycles. The number of aromatic nitrogens is 1. The third kappa shape index (κ3) is 3.98. The summed E-state index contributed by atoms with van der Waals surface area (Å²) in [4.78, 5) is 31.0. The number of benzene rings is 2. The van der Waals surface area contributed by atoms with Crippen molar-refractivity contribution in [3.05, 3.63) is 69.7 Å². The third-order valence-corrected chi connectivity index (χ3v) is 6.52. The summed E-state index contributed by atoms with van der Waals surface area (Å²) in [7, 11) is 0. The molecule has 0 spiro atoms. The Labute approximate surface area is 183 Å². The monoisotopic (exact) mass is 435 g/mol. The maximum absolute atomic E-state index is 12.8. The summed E-state index contributed by atoms with van der Waals surface area (Å²) >= 11 is 1.43. The molecular weight excluding hydrogens is 414 g/mol. The van der Waals surface area contributed by atoms with Crippen LogP contribution in [0.15, 0.2) is 42.5 Å². The number of nitrogens with zero attached hydrogens (tertiary/aromatic N) is 1. The highest BCUT2D eigenvalue weighted by atomic mass is 32.1. The molecule has 7 nitrogen and oxygen atoms in total. The first kappa shape index (κ1) is 19.6. The van der Waals surface area contributed by atoms with Gasteiger partial charge in [0.15, 0.2) is 16.6 Å². The van der Waals surface area contributed by atoms with Crippen LogP contribution < -0.4 is 20.1 Å². The average Bonchev–Trinajstić information content (AvgIpc) is 3.48. The first-order chi connectivity index (χ1) is 15.1. The lowest BCUT2D eigenvalue weighted by Crippen LogP contribution is -2.28. The van der Waals surface area contributed by atoms with E-state index in [4.69, 9.17) is 9.47 Å². The van der Waals surface area contributed by atoms with Gasteiger partial charge in [-0.3, -0.25) is 14.9 Å². The van der Waals surface area contributed by atoms with Gasteiger partial charge in [-0.25, -0.2) is 4.98 Å². The molecule has 2 amide bonds. The molecule has 1 unspecified atom stereocenters. The standard InChI is InChI=1S/C23H21N3O4S/c1-13-2-4-14(5-3-13)11-24-22(28)16-7-9-19-20(16)25-23(31-19)26-21(27)15-6-8-17-18(10-15)30-12-29-17/h2-6,8,10,16H,7,9,11-12H2,1H3,(H,24,28)(H,25,26,27). The first-order valence-corrected chi connectivity index (χ1v) is 10.9. The van der Waals surface area contributed by atoms with Gasteiger partial charge in [-0.15, -0.1) is 11.3 Å². The van der Waals surface area contributed by atoms with Crippen LogP contribution in [-0.2, 0) is 17.8 Å². The van der Waals surface area contributed by atoms with Crippen molar-refractivity contribution in [2.24, 2.45) is 0 Å². The fourth-order valence-corrected chi connectivity index (χ4v) is 4.79. The van der Waals surface area contributed by atoms with Crippen molar-refractivity contribution in [3.63, 3.8) is 0 Å². The van der Waals surface area contributed by atoms with Crippen LogP contribution in [0.3, 0.4) is 0 Å². The Morgan fingerprint density at radius 3 is 2.77 bits per heavy atom. The second-order valence-corrected chi connectivity index (χ2v) is 8.73. The molecule has 3 aromatic rings. The van der Waals surface area contributed by atoms with Crippen molar-refractivity contribution < 1.29 is 19.1 Å². The Bertz CT molecular complexity index is 1160. The highest BCUT2D eigenvalue weighted by Gasteiger charge is 2.32. The van der Waals surface area contributed by atoms with E-state index in [1.54, 1.807) is 18.2 Å². The Morgan fingerprint density at radius 2 is 1.94 bits per heavy atom. The van der Waals surface area contributed by atoms with E-state index in [1.807, 2.05) is 31.2 Å². The molecule has 31 heavy (non-hydrogen) atoms. The number of rotatable bonds is 5. The lowest BCUT2D eigenvalue weighted by Gasteiger charge is -2.11. The number of fused-ring (bicyclic) bond motifs is 2. The van der Waals surface area contributed by atoms with Crippen molar-refractivity contribution in [1.82, 2.24) is 10.3 Å². The molecule has 0 saturated heterocycles. The third-order valence-electron chi connectivity index (χ3n) is 5.48. The van der Waals surface area contributed by atoms with Crippen molar-refractivity contribution in [2.75, 3.05) is 12.1 Å². The molecule has 2 aromatic carbocycles. The van der Waals surface area contributed by atoms with E-state index in [1.165, 1.54) is 16.9 Å². The van der Waals surface area contributed by atoms with Gasteiger partial charge in [0.1, 0.15) is 0 Å². The van der Waals surface area contributed by atoms with Gasteiger partial charge in [0.2, 0.25) is 12.7 Å². The van der Waals surface area contributed by atoms with Crippen molar-refractivity contribution in [1.29, 1.82) is 0 Å². The minimum Gasteiger partial charge on any atom is -0.454 e. The van der Waals surface area contributed by atoms with E-state index in [9.17, 15) is 9.59 Å². The fourth-order valence-electron chi connectivity index (χ4n) is 3.76. The molecule has 0 radical (unpaired) electrons. The number of aryl methyl sites for hydroxylation is 2. The van der Waals surface area contributed by atoms with Crippen molar-refractivity contribution >= 4 is 28.3 Å². The number of carbonyl (C=O) groups is 2. The zero-order chi connectivity index (χ0) is 21.4. The fraction of sp³-hybridized carbons (Fsp3) is 0.261. The summed E-state index contributed by atoms with van der Waals surface area (Å²) in [5.74, 6) is 0.598. The second-order valence-electron chi connectivity index (χ2n) is 7.64. The first-order valence-electron chi connectivity index (χ1n) is 10.1. The lowest BCUT2D eigenvalue weighted by molar-refractivity contribution is -0.122. The predicted octanol–water partition coefficient (Wildman–Crippen LogP) is 3.78. The second kappa shape index (κ2) is 8.03. The molecule has 8 heteroatoms. The number of hydrogen-bond donors (Lipinski definition) is 2. The molecule has 0 fully saturated rings. The zero-order valence-electron chi connectivity index (χ0n) is 16.9. The minimum atomic E-state index is -0.284. The van der Waals surface area contributed by atoms with Crippen LogP contribution in [-0.4, -0.2) is 23.6 Å². The number of amides is 2. The quantitative estimate of drug-likeness (QED) is 0.637. The molecule has 0 saturated carbocycles. The number of ether oxygens (including phenoxy) is 2. The van der Waals surface area contributed by atoms with Crippen LogP contribution in [0.5, 0.6) is 11.5 Å². The summed E-state index contributed by atoms with van der Waals surface area (Å²) in [6.07, 6.45) is 1.53. The van der Waals surface area contributed by atoms with Gasteiger partial charge < -0.3 is 14.8 Å². The summed E-state index contributed by atoms with van der Waals surface area (Å²) in [5.41, 5.74) is 3.49. The summed E-state index contributed by atoms with van der Waals surface area (Å²) in [6.45, 7) is 2.68. The maximum Gasteiger partial charge on any atom is 0.257 e. The largest absolute Gasteiger partial charge is 0.454 e.